The molecule has 244 valence electrons. The second-order valence-electron chi connectivity index (χ2n) is 11.4. The molecule has 2 aliphatic heterocycles. The Bertz CT molecular complexity index is 1470. The number of carbonyl (C=O) groups is 2. The maximum Gasteiger partial charge on any atom is 0.416 e. The van der Waals surface area contributed by atoms with E-state index in [2.05, 4.69) is 22.5 Å². The van der Waals surface area contributed by atoms with Crippen LogP contribution in [0.3, 0.4) is 0 Å². The number of benzene rings is 2. The van der Waals surface area contributed by atoms with Gasteiger partial charge >= 0.3 is 6.18 Å². The molecule has 12 heteroatoms. The van der Waals surface area contributed by atoms with Gasteiger partial charge in [-0.1, -0.05) is 31.6 Å². The molecule has 0 saturated carbocycles. The first-order valence-corrected chi connectivity index (χ1v) is 16.6. The van der Waals surface area contributed by atoms with Gasteiger partial charge in [0, 0.05) is 36.5 Å². The molecule has 1 unspecified atom stereocenters. The van der Waals surface area contributed by atoms with E-state index in [0.29, 0.717) is 56.6 Å². The van der Waals surface area contributed by atoms with Crippen molar-refractivity contribution >= 4 is 28.6 Å². The normalized spacial score (nSPS) is 17.4. The van der Waals surface area contributed by atoms with Crippen LogP contribution in [0.1, 0.15) is 78.6 Å². The molecule has 0 aromatic heterocycles. The number of aryl methyl sites for hydroxylation is 2. The third kappa shape index (κ3) is 8.82. The number of alkyl halides is 3. The summed E-state index contributed by atoms with van der Waals surface area (Å²) in [6.45, 7) is 7.41. The van der Waals surface area contributed by atoms with E-state index in [0.717, 1.165) is 36.1 Å². The van der Waals surface area contributed by atoms with Gasteiger partial charge < -0.3 is 15.4 Å². The number of unbranched alkanes of at least 4 members (excludes halogenated alkanes) is 1. The molecule has 2 heterocycles. The standard InChI is InChI=1S/C33H41F3N4O4S/c1-4-6-8-17-44-28-21-26(20-27(22-28)33(34,35)36)29-38-31(42)32(39-29)12-15-40(16-13-32)45(43)18-11-24-9-10-25(19-23(24)3)30(41)37-14-7-5-2/h4,6,9-10,19-22H,5,7-8,11-18H2,1-3H3,(H,37,41)(H,38,39,42)/b6-4+. The van der Waals surface area contributed by atoms with E-state index in [-0.39, 0.29) is 35.6 Å². The fourth-order valence-electron chi connectivity index (χ4n) is 5.37. The predicted octanol–water partition coefficient (Wildman–Crippen LogP) is 5.51. The van der Waals surface area contributed by atoms with Crippen LogP contribution in [0, 0.1) is 6.92 Å². The molecule has 8 nitrogen and oxygen atoms in total. The number of halogens is 3. The Labute approximate surface area is 265 Å². The minimum absolute atomic E-state index is 0.0487. The van der Waals surface area contributed by atoms with Crippen molar-refractivity contribution in [1.29, 1.82) is 0 Å². The number of hydrogen-bond acceptors (Lipinski definition) is 5. The summed E-state index contributed by atoms with van der Waals surface area (Å²) in [4.78, 5) is 30.1. The van der Waals surface area contributed by atoms with Crippen molar-refractivity contribution in [2.24, 2.45) is 4.99 Å². The lowest BCUT2D eigenvalue weighted by Crippen LogP contribution is -2.49. The number of piperidine rings is 1. The molecule has 0 bridgehead atoms. The summed E-state index contributed by atoms with van der Waals surface area (Å²) in [5.74, 6) is 0.0416. The number of nitrogens with zero attached hydrogens (tertiary/aromatic N) is 2. The SMILES string of the molecule is C/C=C/CCOc1cc(C2=NC3(CCN(S(=O)CCc4ccc(C(=O)NCCCC)cc4C)CC3)C(=O)N2)cc(C(F)(F)F)c1. The van der Waals surface area contributed by atoms with E-state index in [9.17, 15) is 27.0 Å². The van der Waals surface area contributed by atoms with Gasteiger partial charge in [-0.15, -0.1) is 0 Å². The number of rotatable bonds is 13. The van der Waals surface area contributed by atoms with Crippen molar-refractivity contribution in [2.75, 3.05) is 32.0 Å². The molecule has 0 aliphatic carbocycles. The second kappa shape index (κ2) is 15.2. The first-order chi connectivity index (χ1) is 21.5. The number of nitrogens with one attached hydrogen (secondary N) is 2. The van der Waals surface area contributed by atoms with Gasteiger partial charge in [-0.2, -0.15) is 13.2 Å². The lowest BCUT2D eigenvalue weighted by Gasteiger charge is -2.34. The smallest absolute Gasteiger partial charge is 0.416 e. The third-order valence-electron chi connectivity index (χ3n) is 8.08. The summed E-state index contributed by atoms with van der Waals surface area (Å²) in [6.07, 6.45) is 2.71. The molecule has 1 fully saturated rings. The Morgan fingerprint density at radius 1 is 1.20 bits per heavy atom. The summed E-state index contributed by atoms with van der Waals surface area (Å²) in [7, 11) is -1.30. The topological polar surface area (TPSA) is 100 Å². The van der Waals surface area contributed by atoms with Gasteiger partial charge in [0.1, 0.15) is 17.1 Å². The van der Waals surface area contributed by atoms with E-state index >= 15 is 0 Å². The molecule has 2 aromatic rings. The fourth-order valence-corrected chi connectivity index (χ4v) is 6.61. The Balaban J connectivity index is 1.38. The summed E-state index contributed by atoms with van der Waals surface area (Å²) in [5.41, 5.74) is 0.686. The predicted molar refractivity (Wildman–Crippen MR) is 170 cm³/mol. The number of carbonyl (C=O) groups excluding carboxylic acids is 2. The van der Waals surface area contributed by atoms with Crippen molar-refractivity contribution < 1.29 is 31.7 Å². The maximum absolute atomic E-state index is 13.7. The van der Waals surface area contributed by atoms with Crippen molar-refractivity contribution in [1.82, 2.24) is 14.9 Å². The van der Waals surface area contributed by atoms with Crippen LogP contribution in [0.5, 0.6) is 5.75 Å². The average molecular weight is 647 g/mol. The monoisotopic (exact) mass is 646 g/mol. The number of allylic oxidation sites excluding steroid dienone is 1. The first kappa shape index (κ1) is 34.4. The van der Waals surface area contributed by atoms with Crippen LogP contribution in [0.2, 0.25) is 0 Å². The fraction of sp³-hybridized carbons (Fsp3) is 0.485. The minimum atomic E-state index is -4.60. The average Bonchev–Trinajstić information content (AvgIpc) is 3.33. The van der Waals surface area contributed by atoms with Gasteiger partial charge in [-0.25, -0.2) is 8.51 Å². The van der Waals surface area contributed by atoms with E-state index in [1.165, 1.54) is 6.07 Å². The summed E-state index contributed by atoms with van der Waals surface area (Å²) in [5, 5.41) is 5.60. The van der Waals surface area contributed by atoms with Crippen molar-refractivity contribution in [3.63, 3.8) is 0 Å². The van der Waals surface area contributed by atoms with Crippen LogP contribution >= 0.6 is 0 Å². The number of aliphatic imine (C=N–C) groups is 1. The van der Waals surface area contributed by atoms with Gasteiger partial charge in [-0.3, -0.25) is 14.6 Å². The molecule has 1 atom stereocenters. The Kier molecular flexibility index (Phi) is 11.6. The molecule has 0 radical (unpaired) electrons. The van der Waals surface area contributed by atoms with Crippen LogP contribution < -0.4 is 15.4 Å². The second-order valence-corrected chi connectivity index (χ2v) is 12.9. The molecular weight excluding hydrogens is 605 g/mol. The van der Waals surface area contributed by atoms with Crippen LogP contribution in [-0.2, 0) is 28.4 Å². The minimum Gasteiger partial charge on any atom is -0.493 e. The van der Waals surface area contributed by atoms with E-state index in [4.69, 9.17) is 4.74 Å². The molecule has 4 rings (SSSR count). The van der Waals surface area contributed by atoms with Gasteiger partial charge in [0.25, 0.3) is 11.8 Å². The van der Waals surface area contributed by atoms with Crippen molar-refractivity contribution in [3.05, 3.63) is 76.4 Å². The highest BCUT2D eigenvalue weighted by Gasteiger charge is 2.47. The van der Waals surface area contributed by atoms with Crippen molar-refractivity contribution in [2.45, 2.75) is 71.0 Å². The molecule has 1 spiro atoms. The lowest BCUT2D eigenvalue weighted by molar-refractivity contribution is -0.137. The molecule has 2 aliphatic rings. The Hall–Kier alpha value is -3.51. The highest BCUT2D eigenvalue weighted by atomic mass is 32.2. The highest BCUT2D eigenvalue weighted by molar-refractivity contribution is 7.82. The van der Waals surface area contributed by atoms with Crippen LogP contribution in [0.25, 0.3) is 0 Å². The lowest BCUT2D eigenvalue weighted by atomic mass is 9.89. The third-order valence-corrected chi connectivity index (χ3v) is 9.58. The molecule has 2 aromatic carbocycles. The number of amides is 2. The quantitative estimate of drug-likeness (QED) is 0.222. The van der Waals surface area contributed by atoms with Gasteiger partial charge in [0.2, 0.25) is 0 Å². The van der Waals surface area contributed by atoms with Crippen molar-refractivity contribution in [3.8, 4) is 5.75 Å². The summed E-state index contributed by atoms with van der Waals surface area (Å²) >= 11 is 0. The Morgan fingerprint density at radius 2 is 1.96 bits per heavy atom. The number of amidine groups is 1. The van der Waals surface area contributed by atoms with Crippen LogP contribution in [0.15, 0.2) is 53.5 Å². The van der Waals surface area contributed by atoms with E-state index in [1.54, 1.807) is 6.07 Å². The number of ether oxygens (including phenoxy) is 1. The molecule has 2 N–H and O–H groups in total. The maximum atomic E-state index is 13.7. The zero-order valence-corrected chi connectivity index (χ0v) is 26.8. The zero-order chi connectivity index (χ0) is 32.6. The van der Waals surface area contributed by atoms with Gasteiger partial charge in [-0.05, 0) is 87.4 Å². The molecule has 1 saturated heterocycles. The largest absolute Gasteiger partial charge is 0.493 e. The highest BCUT2D eigenvalue weighted by Crippen LogP contribution is 2.35. The molecular formula is C33H41F3N4O4S. The number of hydrogen-bond donors (Lipinski definition) is 2. The van der Waals surface area contributed by atoms with Gasteiger partial charge in [0.15, 0.2) is 0 Å². The first-order valence-electron chi connectivity index (χ1n) is 15.3. The van der Waals surface area contributed by atoms with Crippen LogP contribution in [0.4, 0.5) is 13.2 Å². The van der Waals surface area contributed by atoms with Gasteiger partial charge in [0.05, 0.1) is 23.2 Å². The van der Waals surface area contributed by atoms with E-state index < -0.39 is 28.3 Å². The molecule has 45 heavy (non-hydrogen) atoms. The zero-order valence-electron chi connectivity index (χ0n) is 26.0. The summed E-state index contributed by atoms with van der Waals surface area (Å²) < 4.78 is 61.6. The summed E-state index contributed by atoms with van der Waals surface area (Å²) in [6, 6.07) is 8.91. The molecule has 2 amide bonds. The van der Waals surface area contributed by atoms with E-state index in [1.807, 2.05) is 42.4 Å². The van der Waals surface area contributed by atoms with Crippen LogP contribution in [-0.4, -0.2) is 63.7 Å². The Morgan fingerprint density at radius 3 is 2.62 bits per heavy atom.